The van der Waals surface area contributed by atoms with Crippen molar-refractivity contribution in [3.63, 3.8) is 0 Å². The number of ether oxygens (including phenoxy) is 2. The fourth-order valence-corrected chi connectivity index (χ4v) is 4.09. The molecule has 0 aromatic heterocycles. The van der Waals surface area contributed by atoms with E-state index in [2.05, 4.69) is 37.3 Å². The Morgan fingerprint density at radius 3 is 2.32 bits per heavy atom. The van der Waals surface area contributed by atoms with E-state index >= 15 is 0 Å². The van der Waals surface area contributed by atoms with Gasteiger partial charge in [0, 0.05) is 5.41 Å². The molecule has 0 radical (unpaired) electrons. The zero-order chi connectivity index (χ0) is 24.9. The second-order valence-electron chi connectivity index (χ2n) is 10.0. The predicted octanol–water partition coefficient (Wildman–Crippen LogP) is 7.06. The Kier molecular flexibility index (Phi) is 8.14. The van der Waals surface area contributed by atoms with Crippen LogP contribution in [-0.4, -0.2) is 25.5 Å². The van der Waals surface area contributed by atoms with Crippen molar-refractivity contribution in [1.29, 1.82) is 0 Å². The Morgan fingerprint density at radius 1 is 0.941 bits per heavy atom. The monoisotopic (exact) mass is 460 g/mol. The standard InChI is InChI=1S/C30H36O4/c1-7-22(24-14-15-27(20(2)16-24)34-19-28(31)30(3,4)5)10-8-21-9-11-23-12-13-25(29(32)33-6)18-26(23)17-21/h9,11-18,22H,7-8,10,19H2,1-6H3. The summed E-state index contributed by atoms with van der Waals surface area (Å²) in [5.74, 6) is 0.980. The first kappa shape index (κ1) is 25.5. The van der Waals surface area contributed by atoms with Gasteiger partial charge in [-0.15, -0.1) is 0 Å². The molecule has 0 saturated heterocycles. The third-order valence-corrected chi connectivity index (χ3v) is 6.47. The van der Waals surface area contributed by atoms with Crippen LogP contribution in [0.2, 0.25) is 0 Å². The molecule has 0 aliphatic carbocycles. The number of ketones is 1. The van der Waals surface area contributed by atoms with E-state index in [9.17, 15) is 9.59 Å². The molecule has 0 fully saturated rings. The van der Waals surface area contributed by atoms with Crippen molar-refractivity contribution in [2.24, 2.45) is 5.41 Å². The van der Waals surface area contributed by atoms with Crippen LogP contribution in [0, 0.1) is 12.3 Å². The lowest BCUT2D eigenvalue weighted by molar-refractivity contribution is -0.128. The largest absolute Gasteiger partial charge is 0.486 e. The number of hydrogen-bond donors (Lipinski definition) is 0. The topological polar surface area (TPSA) is 52.6 Å². The molecule has 4 nitrogen and oxygen atoms in total. The zero-order valence-electron chi connectivity index (χ0n) is 21.2. The maximum absolute atomic E-state index is 12.2. The summed E-state index contributed by atoms with van der Waals surface area (Å²) < 4.78 is 10.7. The highest BCUT2D eigenvalue weighted by atomic mass is 16.5. The van der Waals surface area contributed by atoms with Crippen LogP contribution in [0.25, 0.3) is 10.8 Å². The van der Waals surface area contributed by atoms with Crippen LogP contribution in [0.5, 0.6) is 5.75 Å². The quantitative estimate of drug-likeness (QED) is 0.321. The van der Waals surface area contributed by atoms with E-state index in [4.69, 9.17) is 9.47 Å². The predicted molar refractivity (Wildman–Crippen MR) is 138 cm³/mol. The third-order valence-electron chi connectivity index (χ3n) is 6.47. The number of fused-ring (bicyclic) bond motifs is 1. The first-order chi connectivity index (χ1) is 16.1. The molecule has 0 N–H and O–H groups in total. The van der Waals surface area contributed by atoms with E-state index < -0.39 is 5.41 Å². The van der Waals surface area contributed by atoms with Gasteiger partial charge >= 0.3 is 5.97 Å². The molecule has 1 atom stereocenters. The Morgan fingerprint density at radius 2 is 1.68 bits per heavy atom. The molecular formula is C30H36O4. The van der Waals surface area contributed by atoms with E-state index in [1.54, 1.807) is 6.07 Å². The normalized spacial score (nSPS) is 12.4. The van der Waals surface area contributed by atoms with Gasteiger partial charge in [0.25, 0.3) is 0 Å². The number of Topliss-reactive ketones (excluding diaryl/α,β-unsaturated/α-hetero) is 1. The molecule has 34 heavy (non-hydrogen) atoms. The Balaban J connectivity index is 1.69. The molecule has 0 aliphatic rings. The number of carbonyl (C=O) groups is 2. The molecule has 4 heteroatoms. The minimum absolute atomic E-state index is 0.0940. The highest BCUT2D eigenvalue weighted by Crippen LogP contribution is 2.30. The van der Waals surface area contributed by atoms with Crippen molar-refractivity contribution in [3.05, 3.63) is 76.9 Å². The number of esters is 1. The minimum atomic E-state index is -0.398. The van der Waals surface area contributed by atoms with Gasteiger partial charge in [-0.05, 0) is 77.8 Å². The molecule has 0 bridgehead atoms. The van der Waals surface area contributed by atoms with E-state index in [1.807, 2.05) is 45.9 Å². The fourth-order valence-electron chi connectivity index (χ4n) is 4.09. The lowest BCUT2D eigenvalue weighted by atomic mass is 9.89. The van der Waals surface area contributed by atoms with Crippen molar-refractivity contribution in [2.75, 3.05) is 13.7 Å². The van der Waals surface area contributed by atoms with Gasteiger partial charge in [0.05, 0.1) is 12.7 Å². The van der Waals surface area contributed by atoms with Crippen LogP contribution in [0.3, 0.4) is 0 Å². The maximum Gasteiger partial charge on any atom is 0.337 e. The van der Waals surface area contributed by atoms with Gasteiger partial charge in [-0.3, -0.25) is 4.79 Å². The molecule has 0 amide bonds. The van der Waals surface area contributed by atoms with Crippen molar-refractivity contribution < 1.29 is 19.1 Å². The van der Waals surface area contributed by atoms with Crippen LogP contribution in [0.4, 0.5) is 0 Å². The number of hydrogen-bond acceptors (Lipinski definition) is 4. The van der Waals surface area contributed by atoms with E-state index in [-0.39, 0.29) is 18.4 Å². The number of benzene rings is 3. The summed E-state index contributed by atoms with van der Waals surface area (Å²) in [6, 6.07) is 18.4. The van der Waals surface area contributed by atoms with Crippen molar-refractivity contribution in [3.8, 4) is 5.75 Å². The molecule has 0 spiro atoms. The van der Waals surface area contributed by atoms with Gasteiger partial charge in [0.1, 0.15) is 12.4 Å². The second-order valence-corrected chi connectivity index (χ2v) is 10.0. The Hall–Kier alpha value is -3.14. The smallest absolute Gasteiger partial charge is 0.337 e. The molecule has 0 aliphatic heterocycles. The SMILES string of the molecule is CCC(CCc1ccc2ccc(C(=O)OC)cc2c1)c1ccc(OCC(=O)C(C)(C)C)c(C)c1. The van der Waals surface area contributed by atoms with E-state index in [0.29, 0.717) is 11.5 Å². The van der Waals surface area contributed by atoms with Crippen molar-refractivity contribution >= 4 is 22.5 Å². The van der Waals surface area contributed by atoms with Crippen LogP contribution in [0.1, 0.15) is 73.5 Å². The average molecular weight is 461 g/mol. The molecule has 0 saturated carbocycles. The zero-order valence-corrected chi connectivity index (χ0v) is 21.2. The second kappa shape index (κ2) is 10.9. The minimum Gasteiger partial charge on any atom is -0.486 e. The summed E-state index contributed by atoms with van der Waals surface area (Å²) in [6.45, 7) is 10.1. The summed E-state index contributed by atoms with van der Waals surface area (Å²) >= 11 is 0. The maximum atomic E-state index is 12.2. The molecule has 3 rings (SSSR count). The Bertz CT molecular complexity index is 1170. The van der Waals surface area contributed by atoms with Crippen molar-refractivity contribution in [2.45, 2.75) is 59.8 Å². The highest BCUT2D eigenvalue weighted by molar-refractivity contribution is 5.95. The van der Waals surface area contributed by atoms with E-state index in [0.717, 1.165) is 41.3 Å². The summed E-state index contributed by atoms with van der Waals surface area (Å²) in [4.78, 5) is 24.1. The van der Waals surface area contributed by atoms with Gasteiger partial charge in [-0.25, -0.2) is 4.79 Å². The summed E-state index contributed by atoms with van der Waals surface area (Å²) in [5.41, 5.74) is 3.78. The van der Waals surface area contributed by atoms with Crippen LogP contribution in [0.15, 0.2) is 54.6 Å². The van der Waals surface area contributed by atoms with Gasteiger partial charge in [0.2, 0.25) is 0 Å². The summed E-state index contributed by atoms with van der Waals surface area (Å²) in [7, 11) is 1.40. The summed E-state index contributed by atoms with van der Waals surface area (Å²) in [6.07, 6.45) is 3.03. The first-order valence-corrected chi connectivity index (χ1v) is 12.0. The number of carbonyl (C=O) groups excluding carboxylic acids is 2. The average Bonchev–Trinajstić information content (AvgIpc) is 2.82. The van der Waals surface area contributed by atoms with Gasteiger partial charge in [0.15, 0.2) is 5.78 Å². The third kappa shape index (κ3) is 6.25. The lowest BCUT2D eigenvalue weighted by Crippen LogP contribution is -2.26. The molecular weight excluding hydrogens is 424 g/mol. The fraction of sp³-hybridized carbons (Fsp3) is 0.400. The number of methoxy groups -OCH3 is 1. The van der Waals surface area contributed by atoms with Crippen molar-refractivity contribution in [1.82, 2.24) is 0 Å². The molecule has 180 valence electrons. The van der Waals surface area contributed by atoms with Crippen LogP contribution < -0.4 is 4.74 Å². The highest BCUT2D eigenvalue weighted by Gasteiger charge is 2.22. The van der Waals surface area contributed by atoms with Gasteiger partial charge in [-0.2, -0.15) is 0 Å². The number of aryl methyl sites for hydroxylation is 2. The first-order valence-electron chi connectivity index (χ1n) is 12.0. The molecule has 1 unspecified atom stereocenters. The Labute approximate surface area is 203 Å². The lowest BCUT2D eigenvalue weighted by Gasteiger charge is -2.19. The molecule has 3 aromatic carbocycles. The number of rotatable bonds is 9. The van der Waals surface area contributed by atoms with Crippen LogP contribution in [-0.2, 0) is 16.0 Å². The molecule has 3 aromatic rings. The van der Waals surface area contributed by atoms with Gasteiger partial charge in [-0.1, -0.05) is 64.1 Å². The van der Waals surface area contributed by atoms with E-state index in [1.165, 1.54) is 18.2 Å². The van der Waals surface area contributed by atoms with Gasteiger partial charge < -0.3 is 9.47 Å². The molecule has 0 heterocycles. The van der Waals surface area contributed by atoms with Crippen LogP contribution >= 0.6 is 0 Å². The summed E-state index contributed by atoms with van der Waals surface area (Å²) in [5, 5.41) is 2.16.